The number of sulfone groups is 1. The Bertz CT molecular complexity index is 580. The number of aliphatic hydroxyl groups excluding tert-OH is 1. The number of halogens is 3. The average molecular weight is 282 g/mol. The third-order valence-corrected chi connectivity index (χ3v) is 3.73. The fourth-order valence-electron chi connectivity index (χ4n) is 1.50. The van der Waals surface area contributed by atoms with E-state index in [4.69, 9.17) is 5.11 Å². The van der Waals surface area contributed by atoms with Crippen molar-refractivity contribution in [1.29, 1.82) is 0 Å². The van der Waals surface area contributed by atoms with Crippen LogP contribution in [0.1, 0.15) is 19.4 Å². The van der Waals surface area contributed by atoms with Gasteiger partial charge in [-0.1, -0.05) is 13.8 Å². The number of rotatable bonds is 3. The molecule has 18 heavy (non-hydrogen) atoms. The van der Waals surface area contributed by atoms with Gasteiger partial charge in [-0.25, -0.2) is 21.6 Å². The summed E-state index contributed by atoms with van der Waals surface area (Å²) in [4.78, 5) is -1.29. The number of hydrogen-bond acceptors (Lipinski definition) is 3. The molecule has 0 atom stereocenters. The van der Waals surface area contributed by atoms with E-state index in [9.17, 15) is 21.6 Å². The molecule has 0 amide bonds. The lowest BCUT2D eigenvalue weighted by molar-refractivity contribution is 0.213. The second kappa shape index (κ2) is 4.55. The third kappa shape index (κ3) is 2.51. The van der Waals surface area contributed by atoms with Gasteiger partial charge in [0.15, 0.2) is 21.5 Å². The largest absolute Gasteiger partial charge is 0.395 e. The van der Waals surface area contributed by atoms with Gasteiger partial charge in [-0.2, -0.15) is 0 Å². The van der Waals surface area contributed by atoms with Gasteiger partial charge in [0.05, 0.1) is 6.61 Å². The molecule has 0 aromatic heterocycles. The predicted molar refractivity (Wildman–Crippen MR) is 59.5 cm³/mol. The summed E-state index contributed by atoms with van der Waals surface area (Å²) in [7, 11) is -4.21. The van der Waals surface area contributed by atoms with Gasteiger partial charge < -0.3 is 5.11 Å². The molecule has 102 valence electrons. The molecule has 1 N–H and O–H groups in total. The van der Waals surface area contributed by atoms with Crippen LogP contribution in [0.4, 0.5) is 13.2 Å². The Morgan fingerprint density at radius 3 is 2.11 bits per heavy atom. The summed E-state index contributed by atoms with van der Waals surface area (Å²) in [5, 5.41) is 9.05. The molecule has 0 bridgehead atoms. The van der Waals surface area contributed by atoms with Gasteiger partial charge in [0.2, 0.25) is 0 Å². The van der Waals surface area contributed by atoms with Crippen LogP contribution in [0.15, 0.2) is 11.0 Å². The van der Waals surface area contributed by atoms with Crippen LogP contribution in [0, 0.1) is 17.5 Å². The Hall–Kier alpha value is -1.08. The molecule has 0 saturated carbocycles. The van der Waals surface area contributed by atoms with Crippen LogP contribution in [-0.4, -0.2) is 26.4 Å². The lowest BCUT2D eigenvalue weighted by atomic mass is 9.85. The van der Waals surface area contributed by atoms with E-state index in [0.717, 1.165) is 0 Å². The van der Waals surface area contributed by atoms with E-state index in [2.05, 4.69) is 0 Å². The summed E-state index contributed by atoms with van der Waals surface area (Å²) in [5.74, 6) is -4.59. The van der Waals surface area contributed by atoms with E-state index in [1.165, 1.54) is 13.8 Å². The van der Waals surface area contributed by atoms with Gasteiger partial charge in [-0.15, -0.1) is 0 Å². The maximum Gasteiger partial charge on any atom is 0.181 e. The van der Waals surface area contributed by atoms with E-state index >= 15 is 0 Å². The lowest BCUT2D eigenvalue weighted by Crippen LogP contribution is -2.25. The smallest absolute Gasteiger partial charge is 0.181 e. The first kappa shape index (κ1) is 15.0. The van der Waals surface area contributed by atoms with Gasteiger partial charge in [0.25, 0.3) is 0 Å². The fraction of sp³-hybridized carbons (Fsp3) is 0.455. The Kier molecular flexibility index (Phi) is 3.78. The van der Waals surface area contributed by atoms with Gasteiger partial charge in [-0.05, 0) is 6.07 Å². The summed E-state index contributed by atoms with van der Waals surface area (Å²) in [6.45, 7) is 2.22. The molecule has 0 aliphatic rings. The first-order valence-corrected chi connectivity index (χ1v) is 6.90. The Morgan fingerprint density at radius 1 is 1.22 bits per heavy atom. The van der Waals surface area contributed by atoms with E-state index < -0.39 is 49.8 Å². The summed E-state index contributed by atoms with van der Waals surface area (Å²) >= 11 is 0. The fourth-order valence-corrected chi connectivity index (χ4v) is 2.32. The molecule has 1 aromatic carbocycles. The van der Waals surface area contributed by atoms with Crippen molar-refractivity contribution in [3.63, 3.8) is 0 Å². The summed E-state index contributed by atoms with van der Waals surface area (Å²) in [5.41, 5.74) is -1.63. The first-order chi connectivity index (χ1) is 8.02. The topological polar surface area (TPSA) is 54.4 Å². The minimum absolute atomic E-state index is 0.410. The predicted octanol–water partition coefficient (Wildman–Crippen LogP) is 1.78. The zero-order valence-corrected chi connectivity index (χ0v) is 10.9. The van der Waals surface area contributed by atoms with E-state index in [0.29, 0.717) is 12.3 Å². The zero-order valence-electron chi connectivity index (χ0n) is 10.1. The Balaban J connectivity index is 3.68. The molecule has 0 spiro atoms. The molecule has 0 radical (unpaired) electrons. The molecule has 1 rings (SSSR count). The third-order valence-electron chi connectivity index (χ3n) is 2.61. The van der Waals surface area contributed by atoms with Gasteiger partial charge in [0, 0.05) is 17.2 Å². The highest BCUT2D eigenvalue weighted by Gasteiger charge is 2.31. The highest BCUT2D eigenvalue weighted by molar-refractivity contribution is 7.90. The van der Waals surface area contributed by atoms with Crippen LogP contribution < -0.4 is 0 Å². The van der Waals surface area contributed by atoms with Crippen LogP contribution in [0.3, 0.4) is 0 Å². The van der Waals surface area contributed by atoms with Crippen LogP contribution in [-0.2, 0) is 15.3 Å². The highest BCUT2D eigenvalue weighted by atomic mass is 32.2. The van der Waals surface area contributed by atoms with Gasteiger partial charge >= 0.3 is 0 Å². The molecule has 0 unspecified atom stereocenters. The highest BCUT2D eigenvalue weighted by Crippen LogP contribution is 2.31. The van der Waals surface area contributed by atoms with Gasteiger partial charge in [-0.3, -0.25) is 0 Å². The SMILES string of the molecule is CC(C)(CO)c1cc(F)c(S(C)(=O)=O)c(F)c1F. The van der Waals surface area contributed by atoms with Gasteiger partial charge in [0.1, 0.15) is 10.7 Å². The van der Waals surface area contributed by atoms with Crippen molar-refractivity contribution in [3.8, 4) is 0 Å². The Morgan fingerprint density at radius 2 is 1.72 bits per heavy atom. The maximum atomic E-state index is 13.7. The van der Waals surface area contributed by atoms with Crippen molar-refractivity contribution in [2.45, 2.75) is 24.2 Å². The molecular formula is C11H13F3O3S. The van der Waals surface area contributed by atoms with Crippen LogP contribution in [0.2, 0.25) is 0 Å². The van der Waals surface area contributed by atoms with E-state index in [1.807, 2.05) is 0 Å². The van der Waals surface area contributed by atoms with Crippen LogP contribution in [0.5, 0.6) is 0 Å². The summed E-state index contributed by atoms with van der Waals surface area (Å²) < 4.78 is 63.3. The van der Waals surface area contributed by atoms with Crippen molar-refractivity contribution in [1.82, 2.24) is 0 Å². The lowest BCUT2D eigenvalue weighted by Gasteiger charge is -2.23. The zero-order chi connectivity index (χ0) is 14.3. The molecule has 0 aliphatic heterocycles. The summed E-state index contributed by atoms with van der Waals surface area (Å²) in [6, 6.07) is 0.602. The molecule has 1 aromatic rings. The molecule has 0 heterocycles. The maximum absolute atomic E-state index is 13.7. The van der Waals surface area contributed by atoms with Crippen molar-refractivity contribution < 1.29 is 26.7 Å². The van der Waals surface area contributed by atoms with Crippen molar-refractivity contribution >= 4 is 9.84 Å². The minimum atomic E-state index is -4.21. The van der Waals surface area contributed by atoms with E-state index in [1.54, 1.807) is 0 Å². The monoisotopic (exact) mass is 282 g/mol. The molecule has 0 saturated heterocycles. The van der Waals surface area contributed by atoms with Crippen molar-refractivity contribution in [2.24, 2.45) is 0 Å². The number of benzene rings is 1. The molecule has 7 heteroatoms. The van der Waals surface area contributed by atoms with Crippen molar-refractivity contribution in [2.75, 3.05) is 12.9 Å². The summed E-state index contributed by atoms with van der Waals surface area (Å²) in [6.07, 6.45) is 0.588. The number of aliphatic hydroxyl groups is 1. The Labute approximate surface area is 103 Å². The second-order valence-corrected chi connectivity index (χ2v) is 6.63. The average Bonchev–Trinajstić information content (AvgIpc) is 2.21. The van der Waals surface area contributed by atoms with Crippen LogP contribution >= 0.6 is 0 Å². The molecular weight excluding hydrogens is 269 g/mol. The molecule has 0 aliphatic carbocycles. The standard InChI is InChI=1S/C11H13F3O3S/c1-11(2,5-15)6-4-7(12)10(18(3,16)17)9(14)8(6)13/h4,15H,5H2,1-3H3. The van der Waals surface area contributed by atoms with Crippen LogP contribution in [0.25, 0.3) is 0 Å². The normalized spacial score (nSPS) is 12.8. The number of hydrogen-bond donors (Lipinski definition) is 1. The van der Waals surface area contributed by atoms with E-state index in [-0.39, 0.29) is 0 Å². The first-order valence-electron chi connectivity index (χ1n) is 5.01. The second-order valence-electron chi connectivity index (χ2n) is 4.68. The quantitative estimate of drug-likeness (QED) is 0.860. The minimum Gasteiger partial charge on any atom is -0.395 e. The molecule has 0 fully saturated rings. The van der Waals surface area contributed by atoms with Crippen molar-refractivity contribution in [3.05, 3.63) is 29.1 Å². The molecule has 3 nitrogen and oxygen atoms in total.